The Balaban J connectivity index is 1.32. The summed E-state index contributed by atoms with van der Waals surface area (Å²) >= 11 is 1.87. The van der Waals surface area contributed by atoms with Gasteiger partial charge in [-0.2, -0.15) is 0 Å². The first-order valence-corrected chi connectivity index (χ1v) is 17.2. The molecule has 0 aliphatic heterocycles. The second-order valence-corrected chi connectivity index (χ2v) is 14.4. The molecule has 1 aromatic heterocycles. The summed E-state index contributed by atoms with van der Waals surface area (Å²) in [7, 11) is 0. The van der Waals surface area contributed by atoms with Gasteiger partial charge >= 0.3 is 0 Å². The second-order valence-electron chi connectivity index (χ2n) is 13.3. The molecule has 1 heterocycles. The van der Waals surface area contributed by atoms with Crippen molar-refractivity contribution in [3.05, 3.63) is 163 Å². The van der Waals surface area contributed by atoms with Crippen molar-refractivity contribution in [1.29, 1.82) is 0 Å². The van der Waals surface area contributed by atoms with Gasteiger partial charge in [0.05, 0.1) is 11.4 Å². The van der Waals surface area contributed by atoms with E-state index >= 15 is 0 Å². The Labute approximate surface area is 278 Å². The third-order valence-corrected chi connectivity index (χ3v) is 11.6. The molecule has 0 radical (unpaired) electrons. The quantitative estimate of drug-likeness (QED) is 0.178. The molecule has 0 saturated carbocycles. The Morgan fingerprint density at radius 1 is 0.468 bits per heavy atom. The van der Waals surface area contributed by atoms with Crippen molar-refractivity contribution >= 4 is 80.9 Å². The van der Waals surface area contributed by atoms with Crippen molar-refractivity contribution in [1.82, 2.24) is 0 Å². The molecule has 1 aliphatic rings. The van der Waals surface area contributed by atoms with Crippen molar-refractivity contribution in [2.75, 3.05) is 4.90 Å². The highest BCUT2D eigenvalue weighted by Gasteiger charge is 2.37. The molecule has 0 amide bonds. The minimum Gasteiger partial charge on any atom is -0.309 e. The lowest BCUT2D eigenvalue weighted by Gasteiger charge is -2.30. The highest BCUT2D eigenvalue weighted by atomic mass is 32.1. The molecule has 0 saturated heterocycles. The number of anilines is 3. The van der Waals surface area contributed by atoms with Gasteiger partial charge in [-0.1, -0.05) is 129 Å². The fourth-order valence-electron chi connectivity index (χ4n) is 8.22. The zero-order valence-corrected chi connectivity index (χ0v) is 27.1. The van der Waals surface area contributed by atoms with Crippen LogP contribution < -0.4 is 4.90 Å². The molecule has 8 aromatic carbocycles. The first-order valence-electron chi connectivity index (χ1n) is 16.4. The van der Waals surface area contributed by atoms with Crippen LogP contribution in [0.1, 0.15) is 25.0 Å². The van der Waals surface area contributed by atoms with E-state index in [0.717, 1.165) is 0 Å². The van der Waals surface area contributed by atoms with Crippen LogP contribution in [0.5, 0.6) is 0 Å². The highest BCUT2D eigenvalue weighted by molar-refractivity contribution is 7.25. The lowest BCUT2D eigenvalue weighted by molar-refractivity contribution is 0.660. The van der Waals surface area contributed by atoms with Gasteiger partial charge in [0.1, 0.15) is 0 Å². The van der Waals surface area contributed by atoms with Gasteiger partial charge in [-0.25, -0.2) is 0 Å². The summed E-state index contributed by atoms with van der Waals surface area (Å²) in [6, 6.07) is 56.5. The van der Waals surface area contributed by atoms with Crippen molar-refractivity contribution < 1.29 is 0 Å². The van der Waals surface area contributed by atoms with E-state index in [9.17, 15) is 0 Å². The minimum atomic E-state index is -0.0883. The Kier molecular flexibility index (Phi) is 5.57. The molecule has 0 N–H and O–H groups in total. The summed E-state index contributed by atoms with van der Waals surface area (Å²) in [5, 5.41) is 10.3. The summed E-state index contributed by atoms with van der Waals surface area (Å²) in [5.74, 6) is 0. The Hall–Kier alpha value is -5.44. The van der Waals surface area contributed by atoms with Crippen LogP contribution in [0.2, 0.25) is 0 Å². The lowest BCUT2D eigenvalue weighted by atomic mass is 9.82. The maximum atomic E-state index is 2.53. The molecule has 1 nitrogen and oxygen atoms in total. The lowest BCUT2D eigenvalue weighted by Crippen LogP contribution is -2.16. The summed E-state index contributed by atoms with van der Waals surface area (Å²) in [6.45, 7) is 4.73. The molecule has 0 bridgehead atoms. The number of rotatable bonds is 3. The summed E-state index contributed by atoms with van der Waals surface area (Å²) in [6.07, 6.45) is 0. The molecule has 2 heteroatoms. The Morgan fingerprint density at radius 3 is 2.09 bits per heavy atom. The molecule has 1 aliphatic carbocycles. The SMILES string of the molecule is CC1(C)c2ccccc2-c2c(N(c3ccc4sc5ccccc5c4c3)c3cccc4c3ccc3ccc5ccccc5c34)cccc21. The van der Waals surface area contributed by atoms with Crippen LogP contribution in [-0.4, -0.2) is 0 Å². The van der Waals surface area contributed by atoms with E-state index < -0.39 is 0 Å². The van der Waals surface area contributed by atoms with Gasteiger partial charge in [-0.3, -0.25) is 0 Å². The van der Waals surface area contributed by atoms with E-state index in [2.05, 4.69) is 170 Å². The molecule has 10 rings (SSSR count). The average molecular weight is 618 g/mol. The predicted octanol–water partition coefficient (Wildman–Crippen LogP) is 13.3. The van der Waals surface area contributed by atoms with Gasteiger partial charge in [0.15, 0.2) is 0 Å². The first kappa shape index (κ1) is 26.7. The fraction of sp³-hybridized carbons (Fsp3) is 0.0667. The first-order chi connectivity index (χ1) is 23.1. The van der Waals surface area contributed by atoms with Crippen LogP contribution in [0, 0.1) is 0 Å². The van der Waals surface area contributed by atoms with Crippen molar-refractivity contribution in [2.45, 2.75) is 19.3 Å². The van der Waals surface area contributed by atoms with Crippen molar-refractivity contribution in [3.63, 3.8) is 0 Å². The Bertz CT molecular complexity index is 2730. The third-order valence-electron chi connectivity index (χ3n) is 10.4. The number of thiophene rings is 1. The average Bonchev–Trinajstić information content (AvgIpc) is 3.60. The zero-order chi connectivity index (χ0) is 31.3. The minimum absolute atomic E-state index is 0.0883. The maximum Gasteiger partial charge on any atom is 0.0543 e. The second kappa shape index (κ2) is 9.78. The topological polar surface area (TPSA) is 3.24 Å². The molecule has 222 valence electrons. The van der Waals surface area contributed by atoms with Crippen molar-refractivity contribution in [3.8, 4) is 11.1 Å². The molecule has 0 spiro atoms. The van der Waals surface area contributed by atoms with Gasteiger partial charge in [0, 0.05) is 42.2 Å². The van der Waals surface area contributed by atoms with E-state index in [1.165, 1.54) is 91.8 Å². The van der Waals surface area contributed by atoms with Gasteiger partial charge in [-0.05, 0) is 80.0 Å². The van der Waals surface area contributed by atoms with Crippen molar-refractivity contribution in [2.24, 2.45) is 0 Å². The van der Waals surface area contributed by atoms with Crippen LogP contribution in [0.4, 0.5) is 17.1 Å². The summed E-state index contributed by atoms with van der Waals surface area (Å²) in [4.78, 5) is 2.53. The van der Waals surface area contributed by atoms with Crippen LogP contribution >= 0.6 is 11.3 Å². The van der Waals surface area contributed by atoms with Crippen LogP contribution in [0.25, 0.3) is 63.6 Å². The number of nitrogens with zero attached hydrogens (tertiary/aromatic N) is 1. The number of fused-ring (bicyclic) bond motifs is 11. The van der Waals surface area contributed by atoms with Crippen LogP contribution in [0.3, 0.4) is 0 Å². The number of hydrogen-bond donors (Lipinski definition) is 0. The van der Waals surface area contributed by atoms with E-state index in [1.807, 2.05) is 11.3 Å². The molecule has 0 unspecified atom stereocenters. The maximum absolute atomic E-state index is 2.53. The van der Waals surface area contributed by atoms with Gasteiger partial charge in [0.25, 0.3) is 0 Å². The number of benzene rings is 8. The molecule has 0 fully saturated rings. The smallest absolute Gasteiger partial charge is 0.0543 e. The normalized spacial score (nSPS) is 13.5. The van der Waals surface area contributed by atoms with Gasteiger partial charge in [0.2, 0.25) is 0 Å². The predicted molar refractivity (Wildman–Crippen MR) is 204 cm³/mol. The largest absolute Gasteiger partial charge is 0.309 e. The van der Waals surface area contributed by atoms with E-state index in [-0.39, 0.29) is 5.41 Å². The molecule has 47 heavy (non-hydrogen) atoms. The standard InChI is InChI=1S/C45H31NS/c1-45(2)37-16-7-5-14-35(37)44-38(45)17-10-19-40(44)46(30-24-26-42-36(27-30)33-13-6-8-20-41(33)47-42)39-18-9-15-34-32(39)25-23-29-22-21-28-11-3-4-12-31(28)43(29)34/h3-27H,1-2H3. The van der Waals surface area contributed by atoms with Crippen LogP contribution in [-0.2, 0) is 5.41 Å². The van der Waals surface area contributed by atoms with E-state index in [1.54, 1.807) is 0 Å². The monoisotopic (exact) mass is 617 g/mol. The zero-order valence-electron chi connectivity index (χ0n) is 26.3. The van der Waals surface area contributed by atoms with Crippen LogP contribution in [0.15, 0.2) is 152 Å². The number of hydrogen-bond acceptors (Lipinski definition) is 2. The highest BCUT2D eigenvalue weighted by Crippen LogP contribution is 2.55. The Morgan fingerprint density at radius 2 is 1.15 bits per heavy atom. The van der Waals surface area contributed by atoms with Gasteiger partial charge in [-0.15, -0.1) is 11.3 Å². The molecular weight excluding hydrogens is 587 g/mol. The van der Waals surface area contributed by atoms with E-state index in [4.69, 9.17) is 0 Å². The summed E-state index contributed by atoms with van der Waals surface area (Å²) < 4.78 is 2.64. The molecule has 0 atom stereocenters. The van der Waals surface area contributed by atoms with Gasteiger partial charge < -0.3 is 4.90 Å². The molecular formula is C45H31NS. The van der Waals surface area contributed by atoms with E-state index in [0.29, 0.717) is 0 Å². The third kappa shape index (κ3) is 3.77. The fourth-order valence-corrected chi connectivity index (χ4v) is 9.31. The summed E-state index contributed by atoms with van der Waals surface area (Å²) in [5.41, 5.74) is 8.89. The molecule has 9 aromatic rings.